The van der Waals surface area contributed by atoms with Crippen LogP contribution in [0.2, 0.25) is 0 Å². The number of aromatic nitrogens is 2. The highest BCUT2D eigenvalue weighted by molar-refractivity contribution is 7.25. The van der Waals surface area contributed by atoms with Crippen molar-refractivity contribution in [1.29, 1.82) is 0 Å². The summed E-state index contributed by atoms with van der Waals surface area (Å²) < 4.78 is 2.98. The fourth-order valence-corrected chi connectivity index (χ4v) is 3.45. The van der Waals surface area contributed by atoms with Crippen molar-refractivity contribution in [3.63, 3.8) is 0 Å². The third-order valence-corrected chi connectivity index (χ3v) is 4.33. The first-order chi connectivity index (χ1) is 10.3. The van der Waals surface area contributed by atoms with Crippen molar-refractivity contribution < 1.29 is 4.79 Å². The Labute approximate surface area is 131 Å². The molecule has 1 N–H and O–H groups in total. The van der Waals surface area contributed by atoms with E-state index in [1.54, 1.807) is 0 Å². The van der Waals surface area contributed by atoms with Crippen molar-refractivity contribution in [3.05, 3.63) is 40.9 Å². The third kappa shape index (κ3) is 2.74. The Morgan fingerprint density at radius 3 is 2.77 bits per heavy atom. The summed E-state index contributed by atoms with van der Waals surface area (Å²) >= 11 is 1.42. The van der Waals surface area contributed by atoms with E-state index in [4.69, 9.17) is 0 Å². The zero-order chi connectivity index (χ0) is 15.9. The van der Waals surface area contributed by atoms with Gasteiger partial charge in [0.15, 0.2) is 0 Å². The molecule has 0 unspecified atom stereocenters. The summed E-state index contributed by atoms with van der Waals surface area (Å²) in [5, 5.41) is 3.82. The van der Waals surface area contributed by atoms with E-state index in [1.807, 2.05) is 45.0 Å². The molecule has 1 aromatic carbocycles. The first kappa shape index (κ1) is 14.7. The van der Waals surface area contributed by atoms with Crippen LogP contribution in [-0.2, 0) is 11.3 Å². The van der Waals surface area contributed by atoms with Crippen molar-refractivity contribution in [1.82, 2.24) is 14.9 Å². The molecular formula is C16H17N3O2S. The Morgan fingerprint density at radius 1 is 1.32 bits per heavy atom. The molecule has 22 heavy (non-hydrogen) atoms. The van der Waals surface area contributed by atoms with Crippen molar-refractivity contribution in [2.75, 3.05) is 0 Å². The van der Waals surface area contributed by atoms with E-state index in [2.05, 4.69) is 10.3 Å². The number of carbonyl (C=O) groups is 1. The van der Waals surface area contributed by atoms with Crippen LogP contribution in [0.5, 0.6) is 0 Å². The lowest BCUT2D eigenvalue weighted by Crippen LogP contribution is -2.43. The van der Waals surface area contributed by atoms with Gasteiger partial charge in [0.05, 0.1) is 11.8 Å². The van der Waals surface area contributed by atoms with Gasteiger partial charge in [-0.3, -0.25) is 14.2 Å². The molecule has 0 radical (unpaired) electrons. The Hall–Kier alpha value is -2.21. The minimum atomic E-state index is -0.324. The maximum Gasteiger partial charge on any atom is 0.271 e. The molecule has 3 rings (SSSR count). The molecule has 0 fully saturated rings. The Kier molecular flexibility index (Phi) is 3.48. The Bertz CT molecular complexity index is 918. The zero-order valence-electron chi connectivity index (χ0n) is 12.7. The molecular weight excluding hydrogens is 298 g/mol. The number of amides is 1. The molecule has 2 aromatic heterocycles. The van der Waals surface area contributed by atoms with Gasteiger partial charge in [0.2, 0.25) is 5.91 Å². The van der Waals surface area contributed by atoms with Gasteiger partial charge >= 0.3 is 0 Å². The average molecular weight is 315 g/mol. The molecule has 2 heterocycles. The number of hydrogen-bond donors (Lipinski definition) is 1. The standard InChI is InChI=1S/C16H17N3O2S/c1-16(2,3)18-12(20)8-19-9-17-13-10-6-4-5-7-11(10)22-14(13)15(19)21/h4-7,9H,8H2,1-3H3,(H,18,20). The molecule has 5 nitrogen and oxygen atoms in total. The van der Waals surface area contributed by atoms with Crippen LogP contribution in [0.3, 0.4) is 0 Å². The van der Waals surface area contributed by atoms with Gasteiger partial charge in [-0.1, -0.05) is 18.2 Å². The summed E-state index contributed by atoms with van der Waals surface area (Å²) in [6, 6.07) is 7.79. The molecule has 1 amide bonds. The maximum absolute atomic E-state index is 12.6. The van der Waals surface area contributed by atoms with Gasteiger partial charge in [0, 0.05) is 15.6 Å². The molecule has 0 aliphatic heterocycles. The molecule has 0 aliphatic carbocycles. The molecule has 6 heteroatoms. The number of carbonyl (C=O) groups excluding carboxylic acids is 1. The van der Waals surface area contributed by atoms with Crippen LogP contribution in [0.1, 0.15) is 20.8 Å². The van der Waals surface area contributed by atoms with E-state index in [0.717, 1.165) is 10.1 Å². The van der Waals surface area contributed by atoms with Crippen LogP contribution in [0, 0.1) is 0 Å². The molecule has 0 saturated carbocycles. The fourth-order valence-electron chi connectivity index (χ4n) is 2.34. The van der Waals surface area contributed by atoms with Crippen molar-refractivity contribution in [2.45, 2.75) is 32.9 Å². The zero-order valence-corrected chi connectivity index (χ0v) is 13.5. The lowest BCUT2D eigenvalue weighted by molar-refractivity contribution is -0.123. The van der Waals surface area contributed by atoms with Crippen LogP contribution in [0.25, 0.3) is 20.3 Å². The molecule has 3 aromatic rings. The van der Waals surface area contributed by atoms with Crippen LogP contribution in [-0.4, -0.2) is 21.0 Å². The smallest absolute Gasteiger partial charge is 0.271 e. The molecule has 114 valence electrons. The van der Waals surface area contributed by atoms with E-state index in [9.17, 15) is 9.59 Å². The number of rotatable bonds is 2. The van der Waals surface area contributed by atoms with E-state index in [-0.39, 0.29) is 23.6 Å². The first-order valence-corrected chi connectivity index (χ1v) is 7.84. The number of thiophene rings is 1. The molecule has 0 bridgehead atoms. The summed E-state index contributed by atoms with van der Waals surface area (Å²) in [5.74, 6) is -0.197. The molecule has 0 aliphatic rings. The predicted molar refractivity (Wildman–Crippen MR) is 89.3 cm³/mol. The first-order valence-electron chi connectivity index (χ1n) is 7.03. The van der Waals surface area contributed by atoms with Gasteiger partial charge in [-0.05, 0) is 26.8 Å². The summed E-state index contributed by atoms with van der Waals surface area (Å²) in [6.45, 7) is 5.69. The molecule has 0 saturated heterocycles. The van der Waals surface area contributed by atoms with Gasteiger partial charge in [-0.2, -0.15) is 0 Å². The number of nitrogens with one attached hydrogen (secondary N) is 1. The van der Waals surface area contributed by atoms with Crippen LogP contribution in [0.4, 0.5) is 0 Å². The fraction of sp³-hybridized carbons (Fsp3) is 0.312. The summed E-state index contributed by atoms with van der Waals surface area (Å²) in [4.78, 5) is 28.9. The molecule has 0 atom stereocenters. The van der Waals surface area contributed by atoms with Crippen molar-refractivity contribution >= 4 is 37.5 Å². The van der Waals surface area contributed by atoms with E-state index in [1.165, 1.54) is 22.2 Å². The SMILES string of the molecule is CC(C)(C)NC(=O)Cn1cnc2c(sc3ccccc32)c1=O. The normalized spacial score (nSPS) is 12.0. The van der Waals surface area contributed by atoms with Gasteiger partial charge in [-0.25, -0.2) is 4.98 Å². The van der Waals surface area contributed by atoms with Crippen molar-refractivity contribution in [3.8, 4) is 0 Å². The minimum Gasteiger partial charge on any atom is -0.350 e. The predicted octanol–water partition coefficient (Wildman–Crippen LogP) is 2.53. The third-order valence-electron chi connectivity index (χ3n) is 3.18. The Balaban J connectivity index is 2.02. The topological polar surface area (TPSA) is 64.0 Å². The summed E-state index contributed by atoms with van der Waals surface area (Å²) in [6.07, 6.45) is 1.45. The minimum absolute atomic E-state index is 0.0205. The van der Waals surface area contributed by atoms with Crippen molar-refractivity contribution in [2.24, 2.45) is 0 Å². The van der Waals surface area contributed by atoms with Crippen LogP contribution >= 0.6 is 11.3 Å². The van der Waals surface area contributed by atoms with Gasteiger partial charge in [-0.15, -0.1) is 11.3 Å². The summed E-state index contributed by atoms with van der Waals surface area (Å²) in [5.41, 5.74) is 0.212. The highest BCUT2D eigenvalue weighted by Crippen LogP contribution is 2.29. The number of nitrogens with zero attached hydrogens (tertiary/aromatic N) is 2. The second-order valence-electron chi connectivity index (χ2n) is 6.25. The number of hydrogen-bond acceptors (Lipinski definition) is 4. The number of fused-ring (bicyclic) bond motifs is 3. The second-order valence-corrected chi connectivity index (χ2v) is 7.30. The van der Waals surface area contributed by atoms with E-state index in [0.29, 0.717) is 10.2 Å². The van der Waals surface area contributed by atoms with Gasteiger partial charge in [0.25, 0.3) is 5.56 Å². The second kappa shape index (κ2) is 5.21. The van der Waals surface area contributed by atoms with Gasteiger partial charge < -0.3 is 5.32 Å². The lowest BCUT2D eigenvalue weighted by atomic mass is 10.1. The molecule has 0 spiro atoms. The maximum atomic E-state index is 12.6. The van der Waals surface area contributed by atoms with E-state index >= 15 is 0 Å². The highest BCUT2D eigenvalue weighted by Gasteiger charge is 2.16. The Morgan fingerprint density at radius 2 is 2.05 bits per heavy atom. The highest BCUT2D eigenvalue weighted by atomic mass is 32.1. The summed E-state index contributed by atoms with van der Waals surface area (Å²) in [7, 11) is 0. The monoisotopic (exact) mass is 315 g/mol. The lowest BCUT2D eigenvalue weighted by Gasteiger charge is -2.20. The van der Waals surface area contributed by atoms with E-state index < -0.39 is 0 Å². The quantitative estimate of drug-likeness (QED) is 0.790. The largest absolute Gasteiger partial charge is 0.350 e. The van der Waals surface area contributed by atoms with Gasteiger partial charge in [0.1, 0.15) is 11.2 Å². The average Bonchev–Trinajstić information content (AvgIpc) is 2.79. The number of benzene rings is 1. The van der Waals surface area contributed by atoms with Crippen LogP contribution < -0.4 is 10.9 Å². The van der Waals surface area contributed by atoms with Crippen LogP contribution in [0.15, 0.2) is 35.4 Å².